The van der Waals surface area contributed by atoms with Gasteiger partial charge in [0.05, 0.1) is 5.41 Å². The molecule has 2 atom stereocenters. The van der Waals surface area contributed by atoms with Crippen LogP contribution >= 0.6 is 11.8 Å². The average Bonchev–Trinajstić information content (AvgIpc) is 2.47. The maximum absolute atomic E-state index is 12.8. The number of hydrogen-bond donors (Lipinski definition) is 1. The highest BCUT2D eigenvalue weighted by Gasteiger charge is 2.41. The molecule has 2 rings (SSSR count). The van der Waals surface area contributed by atoms with E-state index in [0.29, 0.717) is 11.2 Å². The smallest absolute Gasteiger partial charge is 0.230 e. The van der Waals surface area contributed by atoms with Gasteiger partial charge in [0.25, 0.3) is 0 Å². The van der Waals surface area contributed by atoms with E-state index in [2.05, 4.69) is 24.1 Å². The van der Waals surface area contributed by atoms with Crippen LogP contribution in [0.2, 0.25) is 0 Å². The number of nitrogens with zero attached hydrogens (tertiary/aromatic N) is 1. The first-order valence-corrected chi connectivity index (χ1v) is 8.38. The molecular weight excluding hydrogens is 244 g/mol. The minimum atomic E-state index is -0.113. The molecule has 2 heterocycles. The minimum Gasteiger partial charge on any atom is -0.340 e. The Hall–Kier alpha value is -0.220. The van der Waals surface area contributed by atoms with Crippen molar-refractivity contribution in [1.82, 2.24) is 10.2 Å². The molecule has 0 aromatic heterocycles. The molecule has 2 aliphatic heterocycles. The van der Waals surface area contributed by atoms with E-state index in [0.717, 1.165) is 51.2 Å². The van der Waals surface area contributed by atoms with Crippen LogP contribution in [0.4, 0.5) is 0 Å². The largest absolute Gasteiger partial charge is 0.340 e. The third-order valence-corrected chi connectivity index (χ3v) is 5.86. The lowest BCUT2D eigenvalue weighted by Crippen LogP contribution is -2.54. The Balaban J connectivity index is 2.04. The lowest BCUT2D eigenvalue weighted by Gasteiger charge is -2.42. The zero-order chi connectivity index (χ0) is 13.0. The Morgan fingerprint density at radius 2 is 2.33 bits per heavy atom. The summed E-state index contributed by atoms with van der Waals surface area (Å²) in [7, 11) is 0. The number of amides is 1. The molecular formula is C14H26N2OS. The van der Waals surface area contributed by atoms with Crippen LogP contribution < -0.4 is 5.32 Å². The number of nitrogens with one attached hydrogen (secondary N) is 1. The fraction of sp³-hybridized carbons (Fsp3) is 0.929. The second-order valence-electron chi connectivity index (χ2n) is 5.57. The van der Waals surface area contributed by atoms with Crippen molar-refractivity contribution in [2.75, 3.05) is 31.9 Å². The Morgan fingerprint density at radius 3 is 2.94 bits per heavy atom. The van der Waals surface area contributed by atoms with E-state index in [-0.39, 0.29) is 5.41 Å². The molecule has 2 unspecified atom stereocenters. The quantitative estimate of drug-likeness (QED) is 0.852. The maximum Gasteiger partial charge on any atom is 0.230 e. The SMILES string of the molecule is CCC1CN(C(=O)C2(CC)CCCNC2)CCS1. The van der Waals surface area contributed by atoms with Crippen molar-refractivity contribution in [2.45, 2.75) is 44.8 Å². The number of rotatable bonds is 3. The van der Waals surface area contributed by atoms with Gasteiger partial charge in [-0.1, -0.05) is 13.8 Å². The van der Waals surface area contributed by atoms with Crippen molar-refractivity contribution >= 4 is 17.7 Å². The van der Waals surface area contributed by atoms with Crippen LogP contribution in [0.3, 0.4) is 0 Å². The summed E-state index contributed by atoms with van der Waals surface area (Å²) in [6, 6.07) is 0. The third kappa shape index (κ3) is 2.85. The lowest BCUT2D eigenvalue weighted by molar-refractivity contribution is -0.143. The molecule has 0 spiro atoms. The summed E-state index contributed by atoms with van der Waals surface area (Å²) in [5, 5.41) is 4.07. The van der Waals surface area contributed by atoms with Gasteiger partial charge in [0.1, 0.15) is 0 Å². The molecule has 0 aromatic rings. The number of hydrogen-bond acceptors (Lipinski definition) is 3. The lowest BCUT2D eigenvalue weighted by atomic mass is 9.77. The summed E-state index contributed by atoms with van der Waals surface area (Å²) in [6.07, 6.45) is 4.35. The van der Waals surface area contributed by atoms with Crippen LogP contribution in [0.25, 0.3) is 0 Å². The van der Waals surface area contributed by atoms with Crippen molar-refractivity contribution in [3.8, 4) is 0 Å². The van der Waals surface area contributed by atoms with Crippen LogP contribution in [-0.2, 0) is 4.79 Å². The summed E-state index contributed by atoms with van der Waals surface area (Å²) in [6.45, 7) is 8.25. The number of carbonyl (C=O) groups excluding carboxylic acids is 1. The van der Waals surface area contributed by atoms with Crippen LogP contribution in [0.5, 0.6) is 0 Å². The van der Waals surface area contributed by atoms with Crippen molar-refractivity contribution in [3.63, 3.8) is 0 Å². The molecule has 2 fully saturated rings. The van der Waals surface area contributed by atoms with Gasteiger partial charge in [-0.3, -0.25) is 4.79 Å². The van der Waals surface area contributed by atoms with Crippen molar-refractivity contribution in [3.05, 3.63) is 0 Å². The Morgan fingerprint density at radius 1 is 1.50 bits per heavy atom. The second-order valence-corrected chi connectivity index (χ2v) is 6.97. The highest BCUT2D eigenvalue weighted by Crippen LogP contribution is 2.34. The van der Waals surface area contributed by atoms with Gasteiger partial charge in [-0.2, -0.15) is 11.8 Å². The van der Waals surface area contributed by atoms with E-state index in [1.807, 2.05) is 11.8 Å². The molecule has 0 bridgehead atoms. The second kappa shape index (κ2) is 6.29. The van der Waals surface area contributed by atoms with E-state index in [9.17, 15) is 4.79 Å². The molecule has 2 aliphatic rings. The van der Waals surface area contributed by atoms with Crippen molar-refractivity contribution in [2.24, 2.45) is 5.41 Å². The first-order valence-electron chi connectivity index (χ1n) is 7.33. The monoisotopic (exact) mass is 270 g/mol. The predicted octanol–water partition coefficient (Wildman–Crippen LogP) is 2.12. The summed E-state index contributed by atoms with van der Waals surface area (Å²) < 4.78 is 0. The van der Waals surface area contributed by atoms with Crippen molar-refractivity contribution < 1.29 is 4.79 Å². The fourth-order valence-electron chi connectivity index (χ4n) is 3.09. The highest BCUT2D eigenvalue weighted by molar-refractivity contribution is 8.00. The molecule has 104 valence electrons. The summed E-state index contributed by atoms with van der Waals surface area (Å²) in [5.41, 5.74) is -0.113. The van der Waals surface area contributed by atoms with Gasteiger partial charge in [-0.25, -0.2) is 0 Å². The molecule has 0 radical (unpaired) electrons. The van der Waals surface area contributed by atoms with Crippen LogP contribution in [0, 0.1) is 5.41 Å². The van der Waals surface area contributed by atoms with E-state index in [1.54, 1.807) is 0 Å². The summed E-state index contributed by atoms with van der Waals surface area (Å²) >= 11 is 2.03. The summed E-state index contributed by atoms with van der Waals surface area (Å²) in [5.74, 6) is 1.52. The van der Waals surface area contributed by atoms with Crippen molar-refractivity contribution in [1.29, 1.82) is 0 Å². The molecule has 0 aromatic carbocycles. The molecule has 1 N–H and O–H groups in total. The van der Waals surface area contributed by atoms with Gasteiger partial charge in [0, 0.05) is 30.6 Å². The number of piperidine rings is 1. The maximum atomic E-state index is 12.8. The van der Waals surface area contributed by atoms with Crippen LogP contribution in [0.15, 0.2) is 0 Å². The van der Waals surface area contributed by atoms with E-state index in [4.69, 9.17) is 0 Å². The molecule has 18 heavy (non-hydrogen) atoms. The Kier molecular flexibility index (Phi) is 4.96. The van der Waals surface area contributed by atoms with Gasteiger partial charge >= 0.3 is 0 Å². The normalized spacial score (nSPS) is 33.4. The van der Waals surface area contributed by atoms with Crippen LogP contribution in [-0.4, -0.2) is 48.0 Å². The van der Waals surface area contributed by atoms with Gasteiger partial charge in [0.15, 0.2) is 0 Å². The zero-order valence-corrected chi connectivity index (χ0v) is 12.5. The highest BCUT2D eigenvalue weighted by atomic mass is 32.2. The minimum absolute atomic E-state index is 0.113. The molecule has 3 nitrogen and oxygen atoms in total. The van der Waals surface area contributed by atoms with Gasteiger partial charge in [0.2, 0.25) is 5.91 Å². The number of thioether (sulfide) groups is 1. The topological polar surface area (TPSA) is 32.3 Å². The average molecular weight is 270 g/mol. The van der Waals surface area contributed by atoms with Crippen LogP contribution in [0.1, 0.15) is 39.5 Å². The first kappa shape index (κ1) is 14.2. The molecule has 2 saturated heterocycles. The van der Waals surface area contributed by atoms with Gasteiger partial charge in [-0.15, -0.1) is 0 Å². The summed E-state index contributed by atoms with van der Waals surface area (Å²) in [4.78, 5) is 15.0. The Labute approximate surface area is 115 Å². The third-order valence-electron chi connectivity index (χ3n) is 4.48. The predicted molar refractivity (Wildman–Crippen MR) is 77.9 cm³/mol. The van der Waals surface area contributed by atoms with E-state index >= 15 is 0 Å². The van der Waals surface area contributed by atoms with E-state index < -0.39 is 0 Å². The van der Waals surface area contributed by atoms with Gasteiger partial charge in [-0.05, 0) is 32.2 Å². The molecule has 0 saturated carbocycles. The Bertz CT molecular complexity index is 290. The first-order chi connectivity index (χ1) is 8.72. The molecule has 0 aliphatic carbocycles. The molecule has 4 heteroatoms. The van der Waals surface area contributed by atoms with E-state index in [1.165, 1.54) is 6.42 Å². The number of carbonyl (C=O) groups is 1. The van der Waals surface area contributed by atoms with Gasteiger partial charge < -0.3 is 10.2 Å². The zero-order valence-electron chi connectivity index (χ0n) is 11.7. The standard InChI is InChI=1S/C14H26N2OS/c1-3-12-10-16(8-9-18-12)13(17)14(4-2)6-5-7-15-11-14/h12,15H,3-11H2,1-2H3. The molecule has 1 amide bonds. The fourth-order valence-corrected chi connectivity index (χ4v) is 4.27.